The van der Waals surface area contributed by atoms with Crippen LogP contribution in [0.1, 0.15) is 26.7 Å². The smallest absolute Gasteiger partial charge is 0.226 e. The molecule has 0 saturated carbocycles. The van der Waals surface area contributed by atoms with Gasteiger partial charge >= 0.3 is 0 Å². The van der Waals surface area contributed by atoms with Gasteiger partial charge in [-0.3, -0.25) is 0 Å². The molecule has 14 heavy (non-hydrogen) atoms. The molecule has 0 bridgehead atoms. The number of anilines is 1. The summed E-state index contributed by atoms with van der Waals surface area (Å²) in [5, 5.41) is 0. The molecule has 0 unspecified atom stereocenters. The van der Waals surface area contributed by atoms with Gasteiger partial charge in [0, 0.05) is 18.3 Å². The molecule has 0 aromatic carbocycles. The molecule has 0 aliphatic carbocycles. The van der Waals surface area contributed by atoms with Crippen molar-refractivity contribution in [1.82, 2.24) is 9.97 Å². The van der Waals surface area contributed by atoms with E-state index in [0.29, 0.717) is 0 Å². The van der Waals surface area contributed by atoms with Crippen LogP contribution in [-0.2, 0) is 0 Å². The molecule has 0 amide bonds. The minimum Gasteiger partial charge on any atom is -0.336 e. The fraction of sp³-hybridized carbons (Fsp3) is 0.600. The van der Waals surface area contributed by atoms with Gasteiger partial charge in [-0.15, -0.1) is 0 Å². The lowest BCUT2D eigenvalue weighted by Crippen LogP contribution is -2.39. The summed E-state index contributed by atoms with van der Waals surface area (Å²) in [7, 11) is 0. The predicted octanol–water partition coefficient (Wildman–Crippen LogP) is 2.62. The van der Waals surface area contributed by atoms with Gasteiger partial charge < -0.3 is 4.90 Å². The molecule has 1 saturated heterocycles. The average Bonchev–Trinajstić information content (AvgIpc) is 2.45. The van der Waals surface area contributed by atoms with Crippen molar-refractivity contribution >= 4 is 21.9 Å². The van der Waals surface area contributed by atoms with Crippen LogP contribution in [0.3, 0.4) is 0 Å². The first-order valence-corrected chi connectivity index (χ1v) is 5.65. The van der Waals surface area contributed by atoms with Crippen LogP contribution in [0.2, 0.25) is 0 Å². The van der Waals surface area contributed by atoms with E-state index >= 15 is 0 Å². The lowest BCUT2D eigenvalue weighted by atomic mass is 10.0. The topological polar surface area (TPSA) is 29.0 Å². The Morgan fingerprint density at radius 3 is 2.86 bits per heavy atom. The Hall–Kier alpha value is -0.640. The quantitative estimate of drug-likeness (QED) is 0.723. The van der Waals surface area contributed by atoms with E-state index in [9.17, 15) is 0 Å². The highest BCUT2D eigenvalue weighted by atomic mass is 79.9. The number of nitrogens with zero attached hydrogens (tertiary/aromatic N) is 3. The Labute approximate surface area is 92.7 Å². The van der Waals surface area contributed by atoms with Crippen LogP contribution >= 0.6 is 15.9 Å². The lowest BCUT2D eigenvalue weighted by molar-refractivity contribution is 0.510. The van der Waals surface area contributed by atoms with Gasteiger partial charge in [0.1, 0.15) is 4.60 Å². The van der Waals surface area contributed by atoms with Gasteiger partial charge in [-0.1, -0.05) is 0 Å². The molecule has 1 aliphatic rings. The van der Waals surface area contributed by atoms with Crippen LogP contribution < -0.4 is 4.90 Å². The van der Waals surface area contributed by atoms with Gasteiger partial charge in [0.15, 0.2) is 0 Å². The summed E-state index contributed by atoms with van der Waals surface area (Å²) >= 11 is 3.37. The number of aromatic nitrogens is 2. The highest BCUT2D eigenvalue weighted by Crippen LogP contribution is 2.31. The molecule has 0 atom stereocenters. The minimum absolute atomic E-state index is 0.195. The molecule has 0 N–H and O–H groups in total. The molecule has 76 valence electrons. The Bertz CT molecular complexity index is 338. The van der Waals surface area contributed by atoms with E-state index in [0.717, 1.165) is 17.1 Å². The summed E-state index contributed by atoms with van der Waals surface area (Å²) in [5.74, 6) is 0.835. The highest BCUT2D eigenvalue weighted by Gasteiger charge is 2.33. The van der Waals surface area contributed by atoms with Crippen LogP contribution in [0.4, 0.5) is 5.95 Å². The Kier molecular flexibility index (Phi) is 2.47. The van der Waals surface area contributed by atoms with Crippen LogP contribution in [0.25, 0.3) is 0 Å². The van der Waals surface area contributed by atoms with E-state index in [-0.39, 0.29) is 5.54 Å². The molecule has 1 aliphatic heterocycles. The third-order valence-corrected chi connectivity index (χ3v) is 3.19. The van der Waals surface area contributed by atoms with Gasteiger partial charge in [-0.05, 0) is 48.7 Å². The average molecular weight is 256 g/mol. The van der Waals surface area contributed by atoms with Crippen LogP contribution in [0.15, 0.2) is 16.9 Å². The molecule has 4 heteroatoms. The normalized spacial score (nSPS) is 20.1. The van der Waals surface area contributed by atoms with Crippen LogP contribution in [-0.4, -0.2) is 22.1 Å². The summed E-state index contributed by atoms with van der Waals surface area (Å²) < 4.78 is 0.852. The molecule has 2 heterocycles. The zero-order valence-electron chi connectivity index (χ0n) is 8.50. The molecular weight excluding hydrogens is 242 g/mol. The van der Waals surface area contributed by atoms with Gasteiger partial charge in [0.05, 0.1) is 0 Å². The first-order chi connectivity index (χ1) is 6.59. The Morgan fingerprint density at radius 1 is 1.50 bits per heavy atom. The molecule has 0 spiro atoms. The third-order valence-electron chi connectivity index (χ3n) is 2.75. The minimum atomic E-state index is 0.195. The number of halogens is 1. The van der Waals surface area contributed by atoms with E-state index in [1.807, 2.05) is 6.07 Å². The van der Waals surface area contributed by atoms with E-state index in [1.165, 1.54) is 12.8 Å². The lowest BCUT2D eigenvalue weighted by Gasteiger charge is -2.31. The largest absolute Gasteiger partial charge is 0.336 e. The second-order valence-electron chi connectivity index (χ2n) is 4.25. The van der Waals surface area contributed by atoms with Crippen molar-refractivity contribution in [3.63, 3.8) is 0 Å². The number of hydrogen-bond donors (Lipinski definition) is 0. The first-order valence-electron chi connectivity index (χ1n) is 4.86. The van der Waals surface area contributed by atoms with E-state index in [1.54, 1.807) is 6.20 Å². The number of hydrogen-bond acceptors (Lipinski definition) is 3. The van der Waals surface area contributed by atoms with Crippen molar-refractivity contribution in [3.8, 4) is 0 Å². The van der Waals surface area contributed by atoms with Gasteiger partial charge in [-0.2, -0.15) is 0 Å². The zero-order valence-corrected chi connectivity index (χ0v) is 10.1. The summed E-state index contributed by atoms with van der Waals surface area (Å²) in [6.07, 6.45) is 4.23. The van der Waals surface area contributed by atoms with Gasteiger partial charge in [0.25, 0.3) is 0 Å². The van der Waals surface area contributed by atoms with Crippen molar-refractivity contribution in [2.45, 2.75) is 32.2 Å². The number of rotatable bonds is 1. The molecule has 1 aromatic rings. The van der Waals surface area contributed by atoms with E-state index in [2.05, 4.69) is 44.6 Å². The summed E-state index contributed by atoms with van der Waals surface area (Å²) in [6.45, 7) is 5.54. The van der Waals surface area contributed by atoms with Crippen molar-refractivity contribution < 1.29 is 0 Å². The van der Waals surface area contributed by atoms with Crippen molar-refractivity contribution in [3.05, 3.63) is 16.9 Å². The fourth-order valence-corrected chi connectivity index (χ4v) is 2.21. The van der Waals surface area contributed by atoms with E-state index in [4.69, 9.17) is 0 Å². The van der Waals surface area contributed by atoms with Crippen molar-refractivity contribution in [2.75, 3.05) is 11.4 Å². The summed E-state index contributed by atoms with van der Waals surface area (Å²) in [6, 6.07) is 1.85. The fourth-order valence-electron chi connectivity index (χ4n) is 1.94. The molecule has 1 fully saturated rings. The second-order valence-corrected chi connectivity index (χ2v) is 5.06. The highest BCUT2D eigenvalue weighted by molar-refractivity contribution is 9.10. The van der Waals surface area contributed by atoms with Crippen LogP contribution in [0, 0.1) is 0 Å². The monoisotopic (exact) mass is 255 g/mol. The third kappa shape index (κ3) is 1.75. The van der Waals surface area contributed by atoms with Gasteiger partial charge in [-0.25, -0.2) is 9.97 Å². The predicted molar refractivity (Wildman–Crippen MR) is 60.4 cm³/mol. The molecule has 1 aromatic heterocycles. The maximum absolute atomic E-state index is 4.38. The van der Waals surface area contributed by atoms with Crippen molar-refractivity contribution in [2.24, 2.45) is 0 Å². The standard InChI is InChI=1S/C10H14BrN3/c1-10(2)5-3-7-14(10)9-12-6-4-8(11)13-9/h4,6H,3,5,7H2,1-2H3. The summed E-state index contributed by atoms with van der Waals surface area (Å²) in [5.41, 5.74) is 0.195. The van der Waals surface area contributed by atoms with Crippen molar-refractivity contribution in [1.29, 1.82) is 0 Å². The second kappa shape index (κ2) is 3.50. The Morgan fingerprint density at radius 2 is 2.29 bits per heavy atom. The molecule has 0 radical (unpaired) electrons. The molecule has 2 rings (SSSR count). The SMILES string of the molecule is CC1(C)CCCN1c1nccc(Br)n1. The first kappa shape index (κ1) is 9.90. The maximum Gasteiger partial charge on any atom is 0.226 e. The van der Waals surface area contributed by atoms with Gasteiger partial charge in [0.2, 0.25) is 5.95 Å². The maximum atomic E-state index is 4.38. The molecular formula is C10H14BrN3. The van der Waals surface area contributed by atoms with E-state index < -0.39 is 0 Å². The Balaban J connectivity index is 2.31. The zero-order chi connectivity index (χ0) is 10.2. The summed E-state index contributed by atoms with van der Waals surface area (Å²) in [4.78, 5) is 11.0. The molecule has 3 nitrogen and oxygen atoms in total. The van der Waals surface area contributed by atoms with Crippen LogP contribution in [0.5, 0.6) is 0 Å².